The summed E-state index contributed by atoms with van der Waals surface area (Å²) >= 11 is 0. The first-order valence-electron chi connectivity index (χ1n) is 6.32. The molecule has 0 fully saturated rings. The van der Waals surface area contributed by atoms with Gasteiger partial charge in [0.25, 0.3) is 0 Å². The van der Waals surface area contributed by atoms with Crippen molar-refractivity contribution in [3.8, 4) is 0 Å². The van der Waals surface area contributed by atoms with E-state index < -0.39 is 0 Å². The van der Waals surface area contributed by atoms with Crippen molar-refractivity contribution in [2.45, 2.75) is 39.5 Å². The van der Waals surface area contributed by atoms with Crippen LogP contribution in [0.5, 0.6) is 0 Å². The smallest absolute Gasteiger partial charge is 0.238 e. The lowest BCUT2D eigenvalue weighted by Gasteiger charge is -2.37. The zero-order valence-electron chi connectivity index (χ0n) is 11.8. The van der Waals surface area contributed by atoms with E-state index in [4.69, 9.17) is 0 Å². The molecule has 4 heteroatoms. The third-order valence-electron chi connectivity index (χ3n) is 3.16. The quantitative estimate of drug-likeness (QED) is 0.603. The van der Waals surface area contributed by atoms with Gasteiger partial charge in [-0.15, -0.1) is 0 Å². The van der Waals surface area contributed by atoms with E-state index in [0.29, 0.717) is 0 Å². The van der Waals surface area contributed by atoms with Gasteiger partial charge in [-0.1, -0.05) is 17.7 Å². The molecule has 1 aromatic rings. The first-order valence-corrected chi connectivity index (χ1v) is 6.32. The summed E-state index contributed by atoms with van der Waals surface area (Å²) in [4.78, 5) is 18.6. The maximum absolute atomic E-state index is 10.7. The molecule has 1 aliphatic rings. The molecule has 4 nitrogen and oxygen atoms in total. The zero-order valence-corrected chi connectivity index (χ0v) is 11.8. The van der Waals surface area contributed by atoms with Gasteiger partial charge in [0.15, 0.2) is 0 Å². The van der Waals surface area contributed by atoms with Gasteiger partial charge in [-0.2, -0.15) is 4.99 Å². The lowest BCUT2D eigenvalue weighted by molar-refractivity contribution is 0.166. The van der Waals surface area contributed by atoms with Crippen LogP contribution in [0, 0.1) is 6.92 Å². The standard InChI is InChI=1S/C15H19N3O/c1-12-5-7-13(8-6-12)17-9-10-18(15(2,3)4)14(17)16-11-19/h5-10,14H,1-4H3. The van der Waals surface area contributed by atoms with Crippen LogP contribution in [0.15, 0.2) is 41.7 Å². The Morgan fingerprint density at radius 3 is 2.32 bits per heavy atom. The minimum absolute atomic E-state index is 0.110. The highest BCUT2D eigenvalue weighted by Gasteiger charge is 2.34. The highest BCUT2D eigenvalue weighted by molar-refractivity contribution is 5.53. The number of benzene rings is 1. The van der Waals surface area contributed by atoms with Gasteiger partial charge < -0.3 is 9.80 Å². The van der Waals surface area contributed by atoms with Crippen molar-refractivity contribution < 1.29 is 4.79 Å². The van der Waals surface area contributed by atoms with Crippen molar-refractivity contribution in [2.24, 2.45) is 4.99 Å². The van der Waals surface area contributed by atoms with Gasteiger partial charge in [0, 0.05) is 23.6 Å². The van der Waals surface area contributed by atoms with Crippen LogP contribution in [0.25, 0.3) is 0 Å². The predicted octanol–water partition coefficient (Wildman–Crippen LogP) is 3.01. The molecule has 19 heavy (non-hydrogen) atoms. The van der Waals surface area contributed by atoms with Crippen LogP contribution in [-0.4, -0.2) is 22.8 Å². The summed E-state index contributed by atoms with van der Waals surface area (Å²) in [6, 6.07) is 8.15. The second kappa shape index (κ2) is 4.90. The molecule has 0 saturated heterocycles. The summed E-state index contributed by atoms with van der Waals surface area (Å²) in [7, 11) is 0. The molecule has 0 radical (unpaired) electrons. The number of nitrogens with zero attached hydrogens (tertiary/aromatic N) is 3. The number of isocyanates is 1. The first-order chi connectivity index (χ1) is 8.93. The molecular weight excluding hydrogens is 238 g/mol. The van der Waals surface area contributed by atoms with E-state index in [9.17, 15) is 4.79 Å². The molecule has 1 aliphatic heterocycles. The molecule has 1 atom stereocenters. The predicted molar refractivity (Wildman–Crippen MR) is 76.3 cm³/mol. The average Bonchev–Trinajstić information content (AvgIpc) is 2.74. The van der Waals surface area contributed by atoms with Crippen molar-refractivity contribution >= 4 is 11.8 Å². The maximum Gasteiger partial charge on any atom is 0.238 e. The molecule has 0 aromatic heterocycles. The lowest BCUT2D eigenvalue weighted by atomic mass is 10.1. The highest BCUT2D eigenvalue weighted by Crippen LogP contribution is 2.30. The molecule has 0 amide bonds. The molecule has 1 unspecified atom stereocenters. The van der Waals surface area contributed by atoms with Crippen LogP contribution < -0.4 is 4.90 Å². The Morgan fingerprint density at radius 1 is 1.16 bits per heavy atom. The van der Waals surface area contributed by atoms with E-state index in [1.807, 2.05) is 53.4 Å². The summed E-state index contributed by atoms with van der Waals surface area (Å²) in [5, 5.41) is 0. The fraction of sp³-hybridized carbons (Fsp3) is 0.400. The van der Waals surface area contributed by atoms with Gasteiger partial charge in [0.1, 0.15) is 0 Å². The van der Waals surface area contributed by atoms with Crippen molar-refractivity contribution in [1.82, 2.24) is 4.90 Å². The van der Waals surface area contributed by atoms with E-state index >= 15 is 0 Å². The number of carbonyl (C=O) groups excluding carboxylic acids is 1. The molecule has 1 aromatic carbocycles. The largest absolute Gasteiger partial charge is 0.332 e. The molecular formula is C15H19N3O. The molecule has 0 saturated carbocycles. The van der Waals surface area contributed by atoms with Crippen molar-refractivity contribution in [1.29, 1.82) is 0 Å². The van der Waals surface area contributed by atoms with Crippen molar-refractivity contribution in [3.05, 3.63) is 42.2 Å². The Morgan fingerprint density at radius 2 is 1.79 bits per heavy atom. The van der Waals surface area contributed by atoms with E-state index in [1.165, 1.54) is 5.56 Å². The van der Waals surface area contributed by atoms with Crippen LogP contribution in [0.3, 0.4) is 0 Å². The lowest BCUT2D eigenvalue weighted by Crippen LogP contribution is -2.46. The molecule has 2 rings (SSSR count). The SMILES string of the molecule is Cc1ccc(N2C=CN(C(C)(C)C)C2N=C=O)cc1. The van der Waals surface area contributed by atoms with Crippen LogP contribution in [0.4, 0.5) is 5.69 Å². The molecule has 0 spiro atoms. The fourth-order valence-corrected chi connectivity index (χ4v) is 2.11. The average molecular weight is 257 g/mol. The van der Waals surface area contributed by atoms with Crippen LogP contribution in [0.2, 0.25) is 0 Å². The van der Waals surface area contributed by atoms with Crippen molar-refractivity contribution in [3.63, 3.8) is 0 Å². The minimum atomic E-state index is -0.361. The van der Waals surface area contributed by atoms with E-state index in [2.05, 4.69) is 25.8 Å². The number of aryl methyl sites for hydroxylation is 1. The van der Waals surface area contributed by atoms with E-state index in [1.54, 1.807) is 6.08 Å². The summed E-state index contributed by atoms with van der Waals surface area (Å²) < 4.78 is 0. The van der Waals surface area contributed by atoms with Crippen LogP contribution in [-0.2, 0) is 4.79 Å². The maximum atomic E-state index is 10.7. The topological polar surface area (TPSA) is 35.9 Å². The third-order valence-corrected chi connectivity index (χ3v) is 3.16. The van der Waals surface area contributed by atoms with Gasteiger partial charge in [-0.05, 0) is 39.8 Å². The van der Waals surface area contributed by atoms with Gasteiger partial charge in [-0.25, -0.2) is 4.79 Å². The number of anilines is 1. The number of rotatable bonds is 2. The number of aliphatic imine (C=N–C) groups is 1. The second-order valence-electron chi connectivity index (χ2n) is 5.69. The van der Waals surface area contributed by atoms with Gasteiger partial charge in [0.2, 0.25) is 12.4 Å². The van der Waals surface area contributed by atoms with Gasteiger partial charge >= 0.3 is 0 Å². The Balaban J connectivity index is 2.34. The molecule has 0 aliphatic carbocycles. The minimum Gasteiger partial charge on any atom is -0.332 e. The number of hydrogen-bond donors (Lipinski definition) is 0. The zero-order chi connectivity index (χ0) is 14.0. The van der Waals surface area contributed by atoms with E-state index in [0.717, 1.165) is 5.69 Å². The third kappa shape index (κ3) is 2.69. The number of hydrogen-bond acceptors (Lipinski definition) is 4. The summed E-state index contributed by atoms with van der Waals surface area (Å²) in [5.41, 5.74) is 2.11. The van der Waals surface area contributed by atoms with Gasteiger partial charge in [0.05, 0.1) is 0 Å². The van der Waals surface area contributed by atoms with E-state index in [-0.39, 0.29) is 11.8 Å². The van der Waals surface area contributed by atoms with Crippen LogP contribution in [0.1, 0.15) is 26.3 Å². The normalized spacial score (nSPS) is 18.6. The summed E-state index contributed by atoms with van der Waals surface area (Å²) in [5.74, 6) is 0. The highest BCUT2D eigenvalue weighted by atomic mass is 16.1. The van der Waals surface area contributed by atoms with Crippen molar-refractivity contribution in [2.75, 3.05) is 4.90 Å². The Kier molecular flexibility index (Phi) is 3.45. The first kappa shape index (κ1) is 13.4. The Labute approximate surface area is 114 Å². The Bertz CT molecular complexity index is 521. The Hall–Kier alpha value is -2.06. The summed E-state index contributed by atoms with van der Waals surface area (Å²) in [6.07, 6.45) is 5.22. The molecule has 1 heterocycles. The summed E-state index contributed by atoms with van der Waals surface area (Å²) in [6.45, 7) is 8.31. The molecule has 0 N–H and O–H groups in total. The molecule has 0 bridgehead atoms. The van der Waals surface area contributed by atoms with Gasteiger partial charge in [-0.3, -0.25) is 0 Å². The molecule has 100 valence electrons. The second-order valence-corrected chi connectivity index (χ2v) is 5.69. The fourth-order valence-electron chi connectivity index (χ4n) is 2.11. The monoisotopic (exact) mass is 257 g/mol. The van der Waals surface area contributed by atoms with Crippen LogP contribution >= 0.6 is 0 Å².